The standard InChI is InChI=1S/C16H24ClFN2.2ClH/c1-12(2)3-6-16(20-9-7-19-8-10-20)13-4-5-15(18)14(17)11-13;;/h4-5,11-12,16,19H,3,6-10H2,1-2H3;2*1H/t16-;;/m0../s1. The van der Waals surface area contributed by atoms with Crippen molar-refractivity contribution in [1.29, 1.82) is 0 Å². The number of halogens is 4. The molecule has 22 heavy (non-hydrogen) atoms. The summed E-state index contributed by atoms with van der Waals surface area (Å²) in [7, 11) is 0. The summed E-state index contributed by atoms with van der Waals surface area (Å²) >= 11 is 5.95. The van der Waals surface area contributed by atoms with Crippen molar-refractivity contribution in [1.82, 2.24) is 10.2 Å². The molecular formula is C16H26Cl3FN2. The molecule has 1 heterocycles. The van der Waals surface area contributed by atoms with Gasteiger partial charge in [-0.1, -0.05) is 31.5 Å². The molecule has 0 aliphatic carbocycles. The van der Waals surface area contributed by atoms with E-state index >= 15 is 0 Å². The zero-order valence-electron chi connectivity index (χ0n) is 13.1. The normalized spacial score (nSPS) is 16.8. The van der Waals surface area contributed by atoms with Crippen molar-refractivity contribution in [3.63, 3.8) is 0 Å². The van der Waals surface area contributed by atoms with Gasteiger partial charge in [-0.25, -0.2) is 4.39 Å². The Kier molecular flexibility index (Phi) is 10.6. The Balaban J connectivity index is 0.00000220. The molecule has 0 unspecified atom stereocenters. The SMILES string of the molecule is CC(C)CC[C@@H](c1ccc(F)c(Cl)c1)N1CCNCC1.Cl.Cl. The van der Waals surface area contributed by atoms with E-state index in [2.05, 4.69) is 24.1 Å². The van der Waals surface area contributed by atoms with Crippen LogP contribution in [-0.4, -0.2) is 31.1 Å². The summed E-state index contributed by atoms with van der Waals surface area (Å²) in [6.45, 7) is 8.61. The van der Waals surface area contributed by atoms with Crippen molar-refractivity contribution in [3.8, 4) is 0 Å². The summed E-state index contributed by atoms with van der Waals surface area (Å²) in [5.74, 6) is 0.342. The van der Waals surface area contributed by atoms with Crippen molar-refractivity contribution < 1.29 is 4.39 Å². The fourth-order valence-corrected chi connectivity index (χ4v) is 2.95. The number of hydrogen-bond donors (Lipinski definition) is 1. The molecule has 1 N–H and O–H groups in total. The Bertz CT molecular complexity index is 437. The van der Waals surface area contributed by atoms with Crippen LogP contribution in [0, 0.1) is 11.7 Å². The molecule has 128 valence electrons. The van der Waals surface area contributed by atoms with E-state index in [0.717, 1.165) is 38.2 Å². The van der Waals surface area contributed by atoms with Gasteiger partial charge in [-0.3, -0.25) is 4.90 Å². The molecular weight excluding hydrogens is 346 g/mol. The molecule has 2 nitrogen and oxygen atoms in total. The third-order valence-corrected chi connectivity index (χ3v) is 4.23. The molecule has 0 saturated carbocycles. The van der Waals surface area contributed by atoms with E-state index in [9.17, 15) is 4.39 Å². The molecule has 6 heteroatoms. The second-order valence-corrected chi connectivity index (χ2v) is 6.35. The molecule has 2 rings (SSSR count). The topological polar surface area (TPSA) is 15.3 Å². The van der Waals surface area contributed by atoms with E-state index in [0.29, 0.717) is 12.0 Å². The highest BCUT2D eigenvalue weighted by atomic mass is 35.5. The maximum atomic E-state index is 13.4. The number of nitrogens with one attached hydrogen (secondary N) is 1. The molecule has 0 amide bonds. The van der Waals surface area contributed by atoms with Gasteiger partial charge in [0.15, 0.2) is 0 Å². The predicted molar refractivity (Wildman–Crippen MR) is 97.2 cm³/mol. The van der Waals surface area contributed by atoms with E-state index in [1.165, 1.54) is 12.5 Å². The average Bonchev–Trinajstić information content (AvgIpc) is 2.44. The number of hydrogen-bond acceptors (Lipinski definition) is 2. The largest absolute Gasteiger partial charge is 0.314 e. The molecule has 1 aliphatic heterocycles. The number of rotatable bonds is 5. The smallest absolute Gasteiger partial charge is 0.141 e. The molecule has 0 bridgehead atoms. The summed E-state index contributed by atoms with van der Waals surface area (Å²) in [4.78, 5) is 2.49. The summed E-state index contributed by atoms with van der Waals surface area (Å²) in [5, 5.41) is 3.61. The first-order valence-electron chi connectivity index (χ1n) is 7.47. The van der Waals surface area contributed by atoms with Crippen molar-refractivity contribution in [2.75, 3.05) is 26.2 Å². The second kappa shape index (κ2) is 10.7. The number of benzene rings is 1. The number of nitrogens with zero attached hydrogens (tertiary/aromatic N) is 1. The van der Waals surface area contributed by atoms with Gasteiger partial charge in [0.2, 0.25) is 0 Å². The van der Waals surface area contributed by atoms with Crippen LogP contribution in [0.1, 0.15) is 38.3 Å². The molecule has 1 fully saturated rings. The molecule has 1 saturated heterocycles. The first-order valence-corrected chi connectivity index (χ1v) is 7.85. The number of piperazine rings is 1. The lowest BCUT2D eigenvalue weighted by molar-refractivity contribution is 0.159. The van der Waals surface area contributed by atoms with Crippen molar-refractivity contribution in [3.05, 3.63) is 34.6 Å². The average molecular weight is 372 g/mol. The van der Waals surface area contributed by atoms with Crippen molar-refractivity contribution in [2.24, 2.45) is 5.92 Å². The van der Waals surface area contributed by atoms with Gasteiger partial charge in [-0.15, -0.1) is 24.8 Å². The monoisotopic (exact) mass is 370 g/mol. The highest BCUT2D eigenvalue weighted by molar-refractivity contribution is 6.30. The van der Waals surface area contributed by atoms with Gasteiger partial charge >= 0.3 is 0 Å². The molecule has 0 radical (unpaired) electrons. The summed E-state index contributed by atoms with van der Waals surface area (Å²) in [6.07, 6.45) is 2.27. The molecule has 1 aromatic carbocycles. The van der Waals surface area contributed by atoms with Crippen LogP contribution in [0.25, 0.3) is 0 Å². The van der Waals surface area contributed by atoms with Gasteiger partial charge in [-0.2, -0.15) is 0 Å². The highest BCUT2D eigenvalue weighted by Gasteiger charge is 2.22. The zero-order valence-corrected chi connectivity index (χ0v) is 15.5. The van der Waals surface area contributed by atoms with Gasteiger partial charge in [0.25, 0.3) is 0 Å². The Labute approximate surface area is 150 Å². The fraction of sp³-hybridized carbons (Fsp3) is 0.625. The summed E-state index contributed by atoms with van der Waals surface area (Å²) < 4.78 is 13.4. The van der Waals surface area contributed by atoms with Gasteiger partial charge < -0.3 is 5.32 Å². The van der Waals surface area contributed by atoms with Crippen LogP contribution < -0.4 is 5.32 Å². The molecule has 0 spiro atoms. The van der Waals surface area contributed by atoms with Gasteiger partial charge in [0.05, 0.1) is 5.02 Å². The first-order chi connectivity index (χ1) is 9.58. The minimum Gasteiger partial charge on any atom is -0.314 e. The molecule has 0 aromatic heterocycles. The van der Waals surface area contributed by atoms with Gasteiger partial charge in [0.1, 0.15) is 5.82 Å². The Morgan fingerprint density at radius 1 is 1.18 bits per heavy atom. The summed E-state index contributed by atoms with van der Waals surface area (Å²) in [5.41, 5.74) is 1.14. The van der Waals surface area contributed by atoms with Gasteiger partial charge in [-0.05, 0) is 36.5 Å². The van der Waals surface area contributed by atoms with Crippen LogP contribution in [-0.2, 0) is 0 Å². The molecule has 1 aliphatic rings. The fourth-order valence-electron chi connectivity index (χ4n) is 2.76. The quantitative estimate of drug-likeness (QED) is 0.806. The lowest BCUT2D eigenvalue weighted by atomic mass is 9.95. The molecule has 1 aromatic rings. The van der Waals surface area contributed by atoms with E-state index in [4.69, 9.17) is 11.6 Å². The lowest BCUT2D eigenvalue weighted by Gasteiger charge is -2.35. The predicted octanol–water partition coefficient (Wildman–Crippen LogP) is 4.71. The molecule has 1 atom stereocenters. The maximum absolute atomic E-state index is 13.4. The van der Waals surface area contributed by atoms with Crippen LogP contribution in [0.3, 0.4) is 0 Å². The van der Waals surface area contributed by atoms with E-state index in [1.54, 1.807) is 6.07 Å². The first kappa shape index (κ1) is 21.9. The van der Waals surface area contributed by atoms with Crippen molar-refractivity contribution in [2.45, 2.75) is 32.7 Å². The van der Waals surface area contributed by atoms with E-state index < -0.39 is 0 Å². The minimum atomic E-state index is -0.335. The van der Waals surface area contributed by atoms with Crippen LogP contribution >= 0.6 is 36.4 Å². The van der Waals surface area contributed by atoms with E-state index in [-0.39, 0.29) is 35.7 Å². The zero-order chi connectivity index (χ0) is 14.5. The summed E-state index contributed by atoms with van der Waals surface area (Å²) in [6, 6.07) is 5.51. The Morgan fingerprint density at radius 3 is 2.36 bits per heavy atom. The second-order valence-electron chi connectivity index (χ2n) is 5.95. The van der Waals surface area contributed by atoms with Crippen molar-refractivity contribution >= 4 is 36.4 Å². The third-order valence-electron chi connectivity index (χ3n) is 3.94. The van der Waals surface area contributed by atoms with Crippen LogP contribution in [0.4, 0.5) is 4.39 Å². The minimum absolute atomic E-state index is 0. The van der Waals surface area contributed by atoms with Crippen LogP contribution in [0.2, 0.25) is 5.02 Å². The lowest BCUT2D eigenvalue weighted by Crippen LogP contribution is -2.45. The van der Waals surface area contributed by atoms with Crippen LogP contribution in [0.5, 0.6) is 0 Å². The highest BCUT2D eigenvalue weighted by Crippen LogP contribution is 2.30. The maximum Gasteiger partial charge on any atom is 0.141 e. The Hall–Kier alpha value is -0.0600. The Morgan fingerprint density at radius 2 is 1.82 bits per heavy atom. The van der Waals surface area contributed by atoms with Crippen LogP contribution in [0.15, 0.2) is 18.2 Å². The third kappa shape index (κ3) is 6.21. The van der Waals surface area contributed by atoms with Gasteiger partial charge in [0, 0.05) is 32.2 Å². The van der Waals surface area contributed by atoms with E-state index in [1.807, 2.05) is 6.07 Å².